The highest BCUT2D eigenvalue weighted by molar-refractivity contribution is 7.99. The van der Waals surface area contributed by atoms with E-state index in [-0.39, 0.29) is 18.4 Å². The van der Waals surface area contributed by atoms with Gasteiger partial charge in [0.05, 0.1) is 0 Å². The Balaban J connectivity index is 2.41. The Hall–Kier alpha value is -1.52. The van der Waals surface area contributed by atoms with Crippen molar-refractivity contribution in [1.29, 1.82) is 5.41 Å². The van der Waals surface area contributed by atoms with Gasteiger partial charge in [0.15, 0.2) is 0 Å². The summed E-state index contributed by atoms with van der Waals surface area (Å²) in [5, 5.41) is 18.8. The zero-order valence-electron chi connectivity index (χ0n) is 10.9. The standard InChI is InChI=1S/C15H18N2OS/c1-10(8-18)9-19-14-7-6-13(15(16)17)11-4-2-3-5-12(11)14/h2-7,10,18H,8-9H2,1H3,(H3,16,17). The largest absolute Gasteiger partial charge is 0.396 e. The second-order valence-electron chi connectivity index (χ2n) is 4.67. The van der Waals surface area contributed by atoms with Gasteiger partial charge in [-0.15, -0.1) is 11.8 Å². The van der Waals surface area contributed by atoms with Gasteiger partial charge in [-0.25, -0.2) is 0 Å². The monoisotopic (exact) mass is 274 g/mol. The Labute approximate surface area is 117 Å². The molecule has 0 aromatic heterocycles. The Morgan fingerprint density at radius 3 is 2.58 bits per heavy atom. The van der Waals surface area contributed by atoms with Crippen LogP contribution in [0.4, 0.5) is 0 Å². The minimum absolute atomic E-state index is 0.0940. The summed E-state index contributed by atoms with van der Waals surface area (Å²) in [5.74, 6) is 1.24. The lowest BCUT2D eigenvalue weighted by Crippen LogP contribution is -2.11. The molecule has 0 bridgehead atoms. The molecule has 2 aromatic carbocycles. The van der Waals surface area contributed by atoms with E-state index in [1.54, 1.807) is 11.8 Å². The topological polar surface area (TPSA) is 70.1 Å². The summed E-state index contributed by atoms with van der Waals surface area (Å²) in [6, 6.07) is 11.9. The van der Waals surface area contributed by atoms with Crippen LogP contribution < -0.4 is 5.73 Å². The number of amidine groups is 1. The number of hydrogen-bond donors (Lipinski definition) is 3. The molecule has 2 aromatic rings. The van der Waals surface area contributed by atoms with Crippen molar-refractivity contribution in [1.82, 2.24) is 0 Å². The van der Waals surface area contributed by atoms with Gasteiger partial charge >= 0.3 is 0 Å². The second kappa shape index (κ2) is 6.08. The first-order valence-electron chi connectivity index (χ1n) is 6.23. The number of nitrogens with two attached hydrogens (primary N) is 1. The summed E-state index contributed by atoms with van der Waals surface area (Å²) in [6.07, 6.45) is 0. The lowest BCUT2D eigenvalue weighted by atomic mass is 10.0. The van der Waals surface area contributed by atoms with Gasteiger partial charge in [-0.1, -0.05) is 31.2 Å². The van der Waals surface area contributed by atoms with E-state index >= 15 is 0 Å². The molecule has 0 aliphatic heterocycles. The van der Waals surface area contributed by atoms with Crippen LogP contribution in [-0.4, -0.2) is 23.3 Å². The molecule has 0 aliphatic carbocycles. The van der Waals surface area contributed by atoms with E-state index in [2.05, 4.69) is 0 Å². The van der Waals surface area contributed by atoms with Gasteiger partial charge in [0.25, 0.3) is 0 Å². The lowest BCUT2D eigenvalue weighted by Gasteiger charge is -2.12. The second-order valence-corrected chi connectivity index (χ2v) is 5.73. The fourth-order valence-electron chi connectivity index (χ4n) is 1.92. The Bertz CT molecular complexity index is 598. The Kier molecular flexibility index (Phi) is 4.45. The van der Waals surface area contributed by atoms with Crippen LogP contribution in [0.3, 0.4) is 0 Å². The predicted octanol–water partition coefficient (Wildman–Crippen LogP) is 2.84. The van der Waals surface area contributed by atoms with E-state index in [1.807, 2.05) is 43.3 Å². The van der Waals surface area contributed by atoms with Gasteiger partial charge in [0, 0.05) is 22.8 Å². The molecule has 0 saturated carbocycles. The van der Waals surface area contributed by atoms with Crippen LogP contribution in [0.25, 0.3) is 10.8 Å². The van der Waals surface area contributed by atoms with Gasteiger partial charge in [0.1, 0.15) is 5.84 Å². The molecule has 1 unspecified atom stereocenters. The van der Waals surface area contributed by atoms with Crippen LogP contribution in [0, 0.1) is 11.3 Å². The molecule has 0 spiro atoms. The molecule has 0 aliphatic rings. The summed E-state index contributed by atoms with van der Waals surface area (Å²) in [6.45, 7) is 2.23. The number of fused-ring (bicyclic) bond motifs is 1. The molecule has 4 N–H and O–H groups in total. The molecule has 19 heavy (non-hydrogen) atoms. The van der Waals surface area contributed by atoms with Gasteiger partial charge in [-0.2, -0.15) is 0 Å². The highest BCUT2D eigenvalue weighted by Gasteiger charge is 2.09. The van der Waals surface area contributed by atoms with Crippen molar-refractivity contribution < 1.29 is 5.11 Å². The quantitative estimate of drug-likeness (QED) is 0.446. The highest BCUT2D eigenvalue weighted by Crippen LogP contribution is 2.31. The molecule has 0 fully saturated rings. The maximum absolute atomic E-state index is 9.08. The predicted molar refractivity (Wildman–Crippen MR) is 81.9 cm³/mol. The number of thioether (sulfide) groups is 1. The summed E-state index contributed by atoms with van der Waals surface area (Å²) < 4.78 is 0. The molecule has 0 saturated heterocycles. The van der Waals surface area contributed by atoms with Gasteiger partial charge in [0.2, 0.25) is 0 Å². The Morgan fingerprint density at radius 2 is 1.95 bits per heavy atom. The van der Waals surface area contributed by atoms with Crippen molar-refractivity contribution in [3.05, 3.63) is 42.0 Å². The number of benzene rings is 2. The fourth-order valence-corrected chi connectivity index (χ4v) is 2.98. The normalized spacial score (nSPS) is 12.5. The molecule has 2 rings (SSSR count). The molecule has 0 amide bonds. The molecule has 0 radical (unpaired) electrons. The maximum atomic E-state index is 9.08. The third-order valence-corrected chi connectivity index (χ3v) is 4.41. The molecule has 1 atom stereocenters. The van der Waals surface area contributed by atoms with Crippen molar-refractivity contribution in [2.45, 2.75) is 11.8 Å². The third kappa shape index (κ3) is 3.08. The van der Waals surface area contributed by atoms with Crippen molar-refractivity contribution in [2.75, 3.05) is 12.4 Å². The highest BCUT2D eigenvalue weighted by atomic mass is 32.2. The smallest absolute Gasteiger partial charge is 0.123 e. The van der Waals surface area contributed by atoms with Gasteiger partial charge < -0.3 is 10.8 Å². The molecule has 3 nitrogen and oxygen atoms in total. The SMILES string of the molecule is CC(CO)CSc1ccc(C(=N)N)c2ccccc12. The van der Waals surface area contributed by atoms with Crippen LogP contribution >= 0.6 is 11.8 Å². The van der Waals surface area contributed by atoms with Crippen molar-refractivity contribution in [2.24, 2.45) is 11.7 Å². The van der Waals surface area contributed by atoms with Gasteiger partial charge in [-0.3, -0.25) is 5.41 Å². The molecular formula is C15H18N2OS. The van der Waals surface area contributed by atoms with Crippen LogP contribution in [-0.2, 0) is 0 Å². The van der Waals surface area contributed by atoms with Crippen molar-refractivity contribution in [3.63, 3.8) is 0 Å². The summed E-state index contributed by atoms with van der Waals surface area (Å²) in [5.41, 5.74) is 6.39. The maximum Gasteiger partial charge on any atom is 0.123 e. The molecular weight excluding hydrogens is 256 g/mol. The minimum atomic E-state index is 0.0940. The Morgan fingerprint density at radius 1 is 1.26 bits per heavy atom. The summed E-state index contributed by atoms with van der Waals surface area (Å²) in [7, 11) is 0. The van der Waals surface area contributed by atoms with E-state index in [9.17, 15) is 0 Å². The third-order valence-electron chi connectivity index (χ3n) is 3.01. The number of aliphatic hydroxyl groups is 1. The van der Waals surface area contributed by atoms with Gasteiger partial charge in [-0.05, 0) is 28.8 Å². The number of nitrogen functional groups attached to an aromatic ring is 1. The zero-order chi connectivity index (χ0) is 13.8. The molecule has 4 heteroatoms. The average molecular weight is 274 g/mol. The molecule has 0 heterocycles. The first-order valence-corrected chi connectivity index (χ1v) is 7.22. The number of rotatable bonds is 5. The van der Waals surface area contributed by atoms with E-state index in [4.69, 9.17) is 16.2 Å². The van der Waals surface area contributed by atoms with E-state index in [0.717, 1.165) is 22.1 Å². The molecule has 100 valence electrons. The lowest BCUT2D eigenvalue weighted by molar-refractivity contribution is 0.250. The number of nitrogens with one attached hydrogen (secondary N) is 1. The average Bonchev–Trinajstić information content (AvgIpc) is 2.43. The summed E-state index contributed by atoms with van der Waals surface area (Å²) in [4.78, 5) is 1.17. The number of hydrogen-bond acceptors (Lipinski definition) is 3. The number of aliphatic hydroxyl groups excluding tert-OH is 1. The fraction of sp³-hybridized carbons (Fsp3) is 0.267. The van der Waals surface area contributed by atoms with Crippen LogP contribution in [0.1, 0.15) is 12.5 Å². The summed E-state index contributed by atoms with van der Waals surface area (Å²) >= 11 is 1.73. The first-order chi connectivity index (χ1) is 9.13. The van der Waals surface area contributed by atoms with Crippen LogP contribution in [0.2, 0.25) is 0 Å². The van der Waals surface area contributed by atoms with Crippen LogP contribution in [0.5, 0.6) is 0 Å². The first kappa shape index (κ1) is 13.9. The van der Waals surface area contributed by atoms with Crippen molar-refractivity contribution >= 4 is 28.4 Å². The van der Waals surface area contributed by atoms with Crippen molar-refractivity contribution in [3.8, 4) is 0 Å². The van der Waals surface area contributed by atoms with E-state index < -0.39 is 0 Å². The van der Waals surface area contributed by atoms with E-state index in [0.29, 0.717) is 0 Å². The zero-order valence-corrected chi connectivity index (χ0v) is 11.7. The minimum Gasteiger partial charge on any atom is -0.396 e. The van der Waals surface area contributed by atoms with Crippen LogP contribution in [0.15, 0.2) is 41.3 Å². The van der Waals surface area contributed by atoms with E-state index in [1.165, 1.54) is 4.90 Å².